The predicted octanol–water partition coefficient (Wildman–Crippen LogP) is 3.37. The standard InChI is InChI=1S/C16H16FN3O3S/c1-10-7-8-14(23-10)15-11(2)16(19-18-15)20-24(21,22)9-12-5-3-4-6-13(12)17/h3-8H,9H2,1-2H3,(H2,18,19,20). The Labute approximate surface area is 138 Å². The van der Waals surface area contributed by atoms with Crippen LogP contribution in [0.15, 0.2) is 40.8 Å². The fourth-order valence-corrected chi connectivity index (χ4v) is 3.52. The Bertz CT molecular complexity index is 976. The molecule has 24 heavy (non-hydrogen) atoms. The van der Waals surface area contributed by atoms with Crippen LogP contribution in [0.5, 0.6) is 0 Å². The summed E-state index contributed by atoms with van der Waals surface area (Å²) in [5, 5.41) is 6.74. The minimum atomic E-state index is -3.80. The van der Waals surface area contributed by atoms with Crippen molar-refractivity contribution in [2.24, 2.45) is 0 Å². The molecule has 0 spiro atoms. The molecule has 0 aliphatic heterocycles. The van der Waals surface area contributed by atoms with Gasteiger partial charge in [0.1, 0.15) is 17.3 Å². The molecule has 3 aromatic rings. The monoisotopic (exact) mass is 349 g/mol. The van der Waals surface area contributed by atoms with E-state index in [2.05, 4.69) is 14.9 Å². The first kappa shape index (κ1) is 16.3. The Morgan fingerprint density at radius 1 is 1.21 bits per heavy atom. The van der Waals surface area contributed by atoms with Crippen molar-refractivity contribution < 1.29 is 17.2 Å². The first-order valence-corrected chi connectivity index (χ1v) is 8.86. The summed E-state index contributed by atoms with van der Waals surface area (Å²) in [7, 11) is -3.80. The van der Waals surface area contributed by atoms with Gasteiger partial charge in [-0.2, -0.15) is 5.10 Å². The molecule has 1 aromatic carbocycles. The summed E-state index contributed by atoms with van der Waals surface area (Å²) >= 11 is 0. The zero-order valence-corrected chi connectivity index (χ0v) is 13.9. The lowest BCUT2D eigenvalue weighted by molar-refractivity contribution is 0.546. The molecule has 0 radical (unpaired) electrons. The molecular formula is C16H16FN3O3S. The summed E-state index contributed by atoms with van der Waals surface area (Å²) < 4.78 is 46.1. The van der Waals surface area contributed by atoms with Gasteiger partial charge >= 0.3 is 0 Å². The highest BCUT2D eigenvalue weighted by atomic mass is 32.2. The van der Waals surface area contributed by atoms with Gasteiger partial charge in [-0.25, -0.2) is 12.8 Å². The number of hydrogen-bond acceptors (Lipinski definition) is 4. The van der Waals surface area contributed by atoms with Crippen LogP contribution in [0.3, 0.4) is 0 Å². The molecule has 0 bridgehead atoms. The van der Waals surface area contributed by atoms with Gasteiger partial charge in [-0.15, -0.1) is 0 Å². The highest BCUT2D eigenvalue weighted by Crippen LogP contribution is 2.28. The molecular weight excluding hydrogens is 333 g/mol. The molecule has 0 fully saturated rings. The van der Waals surface area contributed by atoms with Crippen molar-refractivity contribution in [3.8, 4) is 11.5 Å². The van der Waals surface area contributed by atoms with Crippen LogP contribution in [0.4, 0.5) is 10.2 Å². The van der Waals surface area contributed by atoms with E-state index in [-0.39, 0.29) is 11.4 Å². The van der Waals surface area contributed by atoms with Crippen LogP contribution < -0.4 is 4.72 Å². The molecule has 3 rings (SSSR count). The van der Waals surface area contributed by atoms with Crippen LogP contribution in [-0.2, 0) is 15.8 Å². The molecule has 0 unspecified atom stereocenters. The van der Waals surface area contributed by atoms with E-state index in [0.717, 1.165) is 5.76 Å². The third-order valence-corrected chi connectivity index (χ3v) is 4.75. The molecule has 0 aliphatic rings. The van der Waals surface area contributed by atoms with Crippen LogP contribution >= 0.6 is 0 Å². The number of halogens is 1. The van der Waals surface area contributed by atoms with Crippen LogP contribution in [-0.4, -0.2) is 18.6 Å². The molecule has 2 heterocycles. The van der Waals surface area contributed by atoms with Crippen molar-refractivity contribution in [3.05, 3.63) is 59.1 Å². The van der Waals surface area contributed by atoms with E-state index in [1.807, 2.05) is 6.92 Å². The maximum atomic E-state index is 13.6. The first-order chi connectivity index (χ1) is 11.4. The number of nitrogens with zero attached hydrogens (tertiary/aromatic N) is 1. The Balaban J connectivity index is 1.83. The van der Waals surface area contributed by atoms with Crippen LogP contribution in [0, 0.1) is 19.7 Å². The number of aryl methyl sites for hydroxylation is 1. The van der Waals surface area contributed by atoms with Gasteiger partial charge < -0.3 is 4.42 Å². The minimum absolute atomic E-state index is 0.0973. The van der Waals surface area contributed by atoms with Crippen LogP contribution in [0.1, 0.15) is 16.9 Å². The lowest BCUT2D eigenvalue weighted by atomic mass is 10.2. The van der Waals surface area contributed by atoms with Gasteiger partial charge in [-0.1, -0.05) is 18.2 Å². The average molecular weight is 349 g/mol. The highest BCUT2D eigenvalue weighted by molar-refractivity contribution is 7.91. The van der Waals surface area contributed by atoms with Gasteiger partial charge in [-0.3, -0.25) is 9.82 Å². The molecule has 0 amide bonds. The summed E-state index contributed by atoms with van der Waals surface area (Å²) in [5.74, 6) is 0.433. The van der Waals surface area contributed by atoms with Gasteiger partial charge in [0, 0.05) is 11.1 Å². The minimum Gasteiger partial charge on any atom is -0.460 e. The third kappa shape index (κ3) is 3.33. The molecule has 0 atom stereocenters. The zero-order chi connectivity index (χ0) is 17.3. The van der Waals surface area contributed by atoms with E-state index in [1.165, 1.54) is 18.2 Å². The molecule has 0 aliphatic carbocycles. The van der Waals surface area contributed by atoms with Crippen LogP contribution in [0.25, 0.3) is 11.5 Å². The highest BCUT2D eigenvalue weighted by Gasteiger charge is 2.20. The number of aromatic nitrogens is 2. The molecule has 2 N–H and O–H groups in total. The number of sulfonamides is 1. The number of nitrogens with one attached hydrogen (secondary N) is 2. The van der Waals surface area contributed by atoms with Crippen molar-refractivity contribution in [1.82, 2.24) is 10.2 Å². The van der Waals surface area contributed by atoms with Crippen molar-refractivity contribution in [2.75, 3.05) is 4.72 Å². The quantitative estimate of drug-likeness (QED) is 0.739. The third-order valence-electron chi connectivity index (χ3n) is 3.55. The molecule has 0 saturated carbocycles. The van der Waals surface area contributed by atoms with E-state index in [4.69, 9.17) is 4.42 Å². The van der Waals surface area contributed by atoms with E-state index >= 15 is 0 Å². The SMILES string of the molecule is Cc1ccc(-c2[nH]nc(NS(=O)(=O)Cc3ccccc3F)c2C)o1. The van der Waals surface area contributed by atoms with Crippen molar-refractivity contribution in [2.45, 2.75) is 19.6 Å². The Kier molecular flexibility index (Phi) is 4.15. The second-order valence-electron chi connectivity index (χ2n) is 5.44. The van der Waals surface area contributed by atoms with E-state index < -0.39 is 21.6 Å². The number of furan rings is 1. The number of aromatic amines is 1. The van der Waals surface area contributed by atoms with E-state index in [1.54, 1.807) is 25.1 Å². The normalized spacial score (nSPS) is 11.6. The molecule has 8 heteroatoms. The number of rotatable bonds is 5. The van der Waals surface area contributed by atoms with Gasteiger partial charge in [0.05, 0.1) is 5.75 Å². The van der Waals surface area contributed by atoms with E-state index in [0.29, 0.717) is 17.0 Å². The van der Waals surface area contributed by atoms with Crippen molar-refractivity contribution in [1.29, 1.82) is 0 Å². The molecule has 0 saturated heterocycles. The Hall–Kier alpha value is -2.61. The summed E-state index contributed by atoms with van der Waals surface area (Å²) in [6.45, 7) is 3.53. The zero-order valence-electron chi connectivity index (χ0n) is 13.1. The van der Waals surface area contributed by atoms with Crippen molar-refractivity contribution >= 4 is 15.8 Å². The fraction of sp³-hybridized carbons (Fsp3) is 0.188. The fourth-order valence-electron chi connectivity index (χ4n) is 2.31. The lowest BCUT2D eigenvalue weighted by Crippen LogP contribution is -2.16. The second kappa shape index (κ2) is 6.12. The number of H-pyrrole nitrogens is 1. The van der Waals surface area contributed by atoms with Crippen molar-refractivity contribution in [3.63, 3.8) is 0 Å². The smallest absolute Gasteiger partial charge is 0.238 e. The summed E-state index contributed by atoms with van der Waals surface area (Å²) in [4.78, 5) is 0. The maximum Gasteiger partial charge on any atom is 0.238 e. The predicted molar refractivity (Wildman–Crippen MR) is 88.4 cm³/mol. The van der Waals surface area contributed by atoms with E-state index in [9.17, 15) is 12.8 Å². The molecule has 6 nitrogen and oxygen atoms in total. The van der Waals surface area contributed by atoms with Gasteiger partial charge in [0.15, 0.2) is 11.6 Å². The Morgan fingerprint density at radius 3 is 2.62 bits per heavy atom. The molecule has 2 aromatic heterocycles. The summed E-state index contributed by atoms with van der Waals surface area (Å²) in [6.07, 6.45) is 0. The van der Waals surface area contributed by atoms with Gasteiger partial charge in [0.25, 0.3) is 0 Å². The number of anilines is 1. The first-order valence-electron chi connectivity index (χ1n) is 7.21. The topological polar surface area (TPSA) is 88.0 Å². The summed E-state index contributed by atoms with van der Waals surface area (Å²) in [5.41, 5.74) is 1.29. The van der Waals surface area contributed by atoms with Gasteiger partial charge in [-0.05, 0) is 32.0 Å². The number of hydrogen-bond donors (Lipinski definition) is 2. The number of benzene rings is 1. The summed E-state index contributed by atoms with van der Waals surface area (Å²) in [6, 6.07) is 9.33. The Morgan fingerprint density at radius 2 is 1.96 bits per heavy atom. The second-order valence-corrected chi connectivity index (χ2v) is 7.16. The largest absolute Gasteiger partial charge is 0.460 e. The average Bonchev–Trinajstić information content (AvgIpc) is 3.08. The van der Waals surface area contributed by atoms with Gasteiger partial charge in [0.2, 0.25) is 10.0 Å². The molecule has 126 valence electrons. The maximum absolute atomic E-state index is 13.6. The van der Waals surface area contributed by atoms with Crippen LogP contribution in [0.2, 0.25) is 0 Å². The lowest BCUT2D eigenvalue weighted by Gasteiger charge is -2.07.